The zero-order valence-corrected chi connectivity index (χ0v) is 12.2. The maximum Gasteiger partial charge on any atom is 0.261 e. The number of hydrogen-bond acceptors (Lipinski definition) is 3. The van der Waals surface area contributed by atoms with Crippen molar-refractivity contribution in [3.63, 3.8) is 0 Å². The van der Waals surface area contributed by atoms with Crippen LogP contribution in [0.15, 0.2) is 14.3 Å². The standard InChI is InChI=1S/C9H12Br2N2OS/c1-2-5(4-12)13-9(14)7-3-6(10)8(11)15-7/h3,5H,2,4,12H2,1H3,(H,13,14). The highest BCUT2D eigenvalue weighted by atomic mass is 79.9. The van der Waals surface area contributed by atoms with Crippen LogP contribution >= 0.6 is 43.2 Å². The topological polar surface area (TPSA) is 55.1 Å². The van der Waals surface area contributed by atoms with Gasteiger partial charge in [-0.3, -0.25) is 4.79 Å². The predicted molar refractivity (Wildman–Crippen MR) is 70.3 cm³/mol. The van der Waals surface area contributed by atoms with Crippen LogP contribution in [0.5, 0.6) is 0 Å². The predicted octanol–water partition coefficient (Wildman–Crippen LogP) is 2.74. The van der Waals surface area contributed by atoms with Gasteiger partial charge in [0.15, 0.2) is 0 Å². The fraction of sp³-hybridized carbons (Fsp3) is 0.444. The molecule has 1 rings (SSSR count). The van der Waals surface area contributed by atoms with Gasteiger partial charge in [-0.1, -0.05) is 6.92 Å². The van der Waals surface area contributed by atoms with Crippen LogP contribution < -0.4 is 11.1 Å². The van der Waals surface area contributed by atoms with Crippen molar-refractivity contribution in [1.29, 1.82) is 0 Å². The van der Waals surface area contributed by atoms with Crippen molar-refractivity contribution in [2.24, 2.45) is 5.73 Å². The molecule has 3 nitrogen and oxygen atoms in total. The first-order chi connectivity index (χ1) is 7.08. The molecule has 0 fully saturated rings. The van der Waals surface area contributed by atoms with Gasteiger partial charge in [0.2, 0.25) is 0 Å². The van der Waals surface area contributed by atoms with Crippen LogP contribution in [0.1, 0.15) is 23.0 Å². The summed E-state index contributed by atoms with van der Waals surface area (Å²) >= 11 is 8.10. The first-order valence-electron chi connectivity index (χ1n) is 4.54. The lowest BCUT2D eigenvalue weighted by Gasteiger charge is -2.13. The first-order valence-corrected chi connectivity index (χ1v) is 6.94. The minimum Gasteiger partial charge on any atom is -0.347 e. The summed E-state index contributed by atoms with van der Waals surface area (Å²) in [7, 11) is 0. The summed E-state index contributed by atoms with van der Waals surface area (Å²) in [5.74, 6) is -0.0660. The lowest BCUT2D eigenvalue weighted by atomic mass is 10.2. The summed E-state index contributed by atoms with van der Waals surface area (Å²) in [6.45, 7) is 2.47. The van der Waals surface area contributed by atoms with Crippen LogP contribution in [-0.2, 0) is 0 Å². The zero-order valence-electron chi connectivity index (χ0n) is 8.22. The molecule has 0 aliphatic carbocycles. The van der Waals surface area contributed by atoms with E-state index >= 15 is 0 Å². The van der Waals surface area contributed by atoms with E-state index in [9.17, 15) is 4.79 Å². The Bertz CT molecular complexity index is 330. The van der Waals surface area contributed by atoms with E-state index in [-0.39, 0.29) is 11.9 Å². The molecule has 0 radical (unpaired) electrons. The maximum atomic E-state index is 11.7. The molecule has 1 unspecified atom stereocenters. The molecule has 0 aliphatic heterocycles. The third-order valence-electron chi connectivity index (χ3n) is 1.98. The van der Waals surface area contributed by atoms with Crippen LogP contribution in [0.3, 0.4) is 0 Å². The van der Waals surface area contributed by atoms with E-state index in [0.29, 0.717) is 11.4 Å². The highest BCUT2D eigenvalue weighted by molar-refractivity contribution is 9.13. The summed E-state index contributed by atoms with van der Waals surface area (Å²) in [6.07, 6.45) is 0.843. The number of halogens is 2. The molecule has 84 valence electrons. The zero-order chi connectivity index (χ0) is 11.4. The van der Waals surface area contributed by atoms with Gasteiger partial charge in [0.25, 0.3) is 5.91 Å². The average Bonchev–Trinajstić information content (AvgIpc) is 2.55. The summed E-state index contributed by atoms with van der Waals surface area (Å²) < 4.78 is 1.83. The smallest absolute Gasteiger partial charge is 0.261 e. The molecular formula is C9H12Br2N2OS. The third kappa shape index (κ3) is 3.55. The van der Waals surface area contributed by atoms with Gasteiger partial charge in [0, 0.05) is 17.1 Å². The van der Waals surface area contributed by atoms with E-state index in [1.165, 1.54) is 11.3 Å². The lowest BCUT2D eigenvalue weighted by Crippen LogP contribution is -2.39. The Hall–Kier alpha value is 0.0900. The van der Waals surface area contributed by atoms with E-state index in [2.05, 4.69) is 37.2 Å². The Kier molecular flexibility index (Phi) is 5.25. The molecule has 1 aromatic rings. The number of carbonyl (C=O) groups is 1. The highest BCUT2D eigenvalue weighted by Crippen LogP contribution is 2.32. The molecule has 0 spiro atoms. The number of rotatable bonds is 4. The number of thiophene rings is 1. The van der Waals surface area contributed by atoms with Crippen molar-refractivity contribution in [2.75, 3.05) is 6.54 Å². The molecule has 0 saturated carbocycles. The van der Waals surface area contributed by atoms with Crippen molar-refractivity contribution in [3.05, 3.63) is 19.2 Å². The summed E-state index contributed by atoms with van der Waals surface area (Å²) in [5.41, 5.74) is 5.51. The highest BCUT2D eigenvalue weighted by Gasteiger charge is 2.14. The Balaban J connectivity index is 2.68. The lowest BCUT2D eigenvalue weighted by molar-refractivity contribution is 0.0941. The second kappa shape index (κ2) is 5.98. The van der Waals surface area contributed by atoms with E-state index < -0.39 is 0 Å². The van der Waals surface area contributed by atoms with Crippen LogP contribution in [-0.4, -0.2) is 18.5 Å². The summed E-state index contributed by atoms with van der Waals surface area (Å²) in [5, 5.41) is 2.88. The molecule has 1 atom stereocenters. The van der Waals surface area contributed by atoms with Crippen molar-refractivity contribution in [2.45, 2.75) is 19.4 Å². The molecule has 3 N–H and O–H groups in total. The minimum atomic E-state index is -0.0660. The van der Waals surface area contributed by atoms with Crippen LogP contribution in [0, 0.1) is 0 Å². The van der Waals surface area contributed by atoms with Crippen molar-refractivity contribution in [1.82, 2.24) is 5.32 Å². The molecule has 0 aromatic carbocycles. The van der Waals surface area contributed by atoms with E-state index in [0.717, 1.165) is 14.7 Å². The molecule has 6 heteroatoms. The Morgan fingerprint density at radius 2 is 2.33 bits per heavy atom. The molecule has 1 aromatic heterocycles. The first kappa shape index (κ1) is 13.2. The number of nitrogens with two attached hydrogens (primary N) is 1. The number of amides is 1. The van der Waals surface area contributed by atoms with Gasteiger partial charge in [-0.05, 0) is 44.3 Å². The van der Waals surface area contributed by atoms with E-state index in [1.54, 1.807) is 6.07 Å². The monoisotopic (exact) mass is 354 g/mol. The number of hydrogen-bond donors (Lipinski definition) is 2. The van der Waals surface area contributed by atoms with E-state index in [1.807, 2.05) is 6.92 Å². The second-order valence-electron chi connectivity index (χ2n) is 3.05. The van der Waals surface area contributed by atoms with Crippen LogP contribution in [0.4, 0.5) is 0 Å². The maximum absolute atomic E-state index is 11.7. The number of carbonyl (C=O) groups excluding carboxylic acids is 1. The third-order valence-corrected chi connectivity index (χ3v) is 5.24. The Labute approximate surface area is 110 Å². The van der Waals surface area contributed by atoms with Gasteiger partial charge in [0.05, 0.1) is 8.66 Å². The molecule has 1 heterocycles. The van der Waals surface area contributed by atoms with Gasteiger partial charge in [-0.25, -0.2) is 0 Å². The van der Waals surface area contributed by atoms with Gasteiger partial charge < -0.3 is 11.1 Å². The Morgan fingerprint density at radius 3 is 2.73 bits per heavy atom. The van der Waals surface area contributed by atoms with Gasteiger partial charge in [-0.2, -0.15) is 0 Å². The SMILES string of the molecule is CCC(CN)NC(=O)c1cc(Br)c(Br)s1. The Morgan fingerprint density at radius 1 is 1.67 bits per heavy atom. The fourth-order valence-corrected chi connectivity index (χ4v) is 2.98. The van der Waals surface area contributed by atoms with E-state index in [4.69, 9.17) is 5.73 Å². The van der Waals surface area contributed by atoms with Crippen molar-refractivity contribution >= 4 is 49.1 Å². The largest absolute Gasteiger partial charge is 0.347 e. The average molecular weight is 356 g/mol. The molecule has 0 saturated heterocycles. The number of nitrogens with one attached hydrogen (secondary N) is 1. The molecule has 0 aliphatic rings. The van der Waals surface area contributed by atoms with Gasteiger partial charge in [0.1, 0.15) is 0 Å². The van der Waals surface area contributed by atoms with Gasteiger partial charge >= 0.3 is 0 Å². The molecular weight excluding hydrogens is 344 g/mol. The molecule has 0 bridgehead atoms. The van der Waals surface area contributed by atoms with Crippen molar-refractivity contribution in [3.8, 4) is 0 Å². The fourth-order valence-electron chi connectivity index (χ4n) is 1.04. The summed E-state index contributed by atoms with van der Waals surface area (Å²) in [6, 6.07) is 1.85. The minimum absolute atomic E-state index is 0.0529. The second-order valence-corrected chi connectivity index (χ2v) is 6.27. The molecule has 15 heavy (non-hydrogen) atoms. The normalized spacial score (nSPS) is 12.5. The van der Waals surface area contributed by atoms with Crippen LogP contribution in [0.2, 0.25) is 0 Å². The summed E-state index contributed by atoms with van der Waals surface area (Å²) in [4.78, 5) is 12.4. The molecule has 1 amide bonds. The van der Waals surface area contributed by atoms with Crippen LogP contribution in [0.25, 0.3) is 0 Å². The quantitative estimate of drug-likeness (QED) is 0.872. The van der Waals surface area contributed by atoms with Crippen molar-refractivity contribution < 1.29 is 4.79 Å². The van der Waals surface area contributed by atoms with Gasteiger partial charge in [-0.15, -0.1) is 11.3 Å².